The quantitative estimate of drug-likeness (QED) is 0.803. The molecule has 16 heavy (non-hydrogen) atoms. The lowest BCUT2D eigenvalue weighted by molar-refractivity contribution is 0.00695. The van der Waals surface area contributed by atoms with Gasteiger partial charge >= 0.3 is 0 Å². The largest absolute Gasteiger partial charge is 0.496 e. The highest BCUT2D eigenvalue weighted by atomic mass is 16.5. The molecule has 0 saturated carbocycles. The van der Waals surface area contributed by atoms with Gasteiger partial charge in [0.05, 0.1) is 19.3 Å². The van der Waals surface area contributed by atoms with E-state index in [9.17, 15) is 0 Å². The Morgan fingerprint density at radius 1 is 1.25 bits per heavy atom. The van der Waals surface area contributed by atoms with Crippen molar-refractivity contribution in [2.45, 2.75) is 26.1 Å². The summed E-state index contributed by atoms with van der Waals surface area (Å²) in [5, 5.41) is 3.14. The van der Waals surface area contributed by atoms with Gasteiger partial charge < -0.3 is 14.8 Å². The maximum absolute atomic E-state index is 5.88. The van der Waals surface area contributed by atoms with Crippen LogP contribution in [-0.4, -0.2) is 26.8 Å². The number of ether oxygens (including phenoxy) is 2. The summed E-state index contributed by atoms with van der Waals surface area (Å²) >= 11 is 0. The van der Waals surface area contributed by atoms with Gasteiger partial charge in [-0.3, -0.25) is 0 Å². The smallest absolute Gasteiger partial charge is 0.124 e. The molecule has 0 amide bonds. The Morgan fingerprint density at radius 2 is 1.94 bits per heavy atom. The first kappa shape index (κ1) is 13.0. The Bertz CT molecular complexity index is 313. The topological polar surface area (TPSA) is 30.5 Å². The molecule has 0 aliphatic heterocycles. The zero-order valence-corrected chi connectivity index (χ0v) is 10.5. The molecule has 0 radical (unpaired) electrons. The molecule has 0 bridgehead atoms. The fraction of sp³-hybridized carbons (Fsp3) is 0.538. The maximum atomic E-state index is 5.88. The van der Waals surface area contributed by atoms with Crippen LogP contribution in [0.5, 0.6) is 5.75 Å². The van der Waals surface area contributed by atoms with Crippen LogP contribution in [-0.2, 0) is 4.74 Å². The first-order valence-electron chi connectivity index (χ1n) is 5.62. The molecule has 3 heteroatoms. The monoisotopic (exact) mass is 223 g/mol. The summed E-state index contributed by atoms with van der Waals surface area (Å²) in [5.41, 5.74) is 1.09. The van der Waals surface area contributed by atoms with Gasteiger partial charge in [-0.1, -0.05) is 18.2 Å². The lowest BCUT2D eigenvalue weighted by atomic mass is 10.1. The second-order valence-corrected chi connectivity index (χ2v) is 3.97. The SMILES string of the molecule is CNC[C@@H](OC(C)C)c1ccccc1OC. The lowest BCUT2D eigenvalue weighted by Crippen LogP contribution is -2.22. The van der Waals surface area contributed by atoms with E-state index in [1.807, 2.05) is 45.2 Å². The summed E-state index contributed by atoms with van der Waals surface area (Å²) in [6.07, 6.45) is 0.226. The van der Waals surface area contributed by atoms with Crippen molar-refractivity contribution in [2.75, 3.05) is 20.7 Å². The molecule has 0 unspecified atom stereocenters. The van der Waals surface area contributed by atoms with Gasteiger partial charge in [-0.25, -0.2) is 0 Å². The Kier molecular flexibility index (Phi) is 5.29. The molecule has 0 heterocycles. The van der Waals surface area contributed by atoms with E-state index in [2.05, 4.69) is 5.32 Å². The van der Waals surface area contributed by atoms with Crippen molar-refractivity contribution in [3.8, 4) is 5.75 Å². The highest BCUT2D eigenvalue weighted by molar-refractivity contribution is 5.35. The standard InChI is InChI=1S/C13H21NO2/c1-10(2)16-13(9-14-3)11-7-5-6-8-12(11)15-4/h5-8,10,13-14H,9H2,1-4H3/t13-/m1/s1. The van der Waals surface area contributed by atoms with Crippen LogP contribution in [0.2, 0.25) is 0 Å². The van der Waals surface area contributed by atoms with Crippen LogP contribution in [0.25, 0.3) is 0 Å². The van der Waals surface area contributed by atoms with Crippen molar-refractivity contribution in [1.29, 1.82) is 0 Å². The van der Waals surface area contributed by atoms with Crippen molar-refractivity contribution < 1.29 is 9.47 Å². The Hall–Kier alpha value is -1.06. The summed E-state index contributed by atoms with van der Waals surface area (Å²) in [6.45, 7) is 4.86. The molecular formula is C13H21NO2. The first-order valence-corrected chi connectivity index (χ1v) is 5.62. The summed E-state index contributed by atoms with van der Waals surface area (Å²) in [4.78, 5) is 0. The van der Waals surface area contributed by atoms with Gasteiger partial charge in [-0.05, 0) is 27.0 Å². The van der Waals surface area contributed by atoms with E-state index in [4.69, 9.17) is 9.47 Å². The van der Waals surface area contributed by atoms with E-state index in [1.54, 1.807) is 7.11 Å². The van der Waals surface area contributed by atoms with E-state index in [-0.39, 0.29) is 12.2 Å². The van der Waals surface area contributed by atoms with Crippen LogP contribution in [0.4, 0.5) is 0 Å². The van der Waals surface area contributed by atoms with Gasteiger partial charge in [0.15, 0.2) is 0 Å². The molecule has 1 N–H and O–H groups in total. The predicted molar refractivity (Wildman–Crippen MR) is 65.9 cm³/mol. The lowest BCUT2D eigenvalue weighted by Gasteiger charge is -2.22. The Balaban J connectivity index is 2.90. The summed E-state index contributed by atoms with van der Waals surface area (Å²) in [7, 11) is 3.61. The molecule has 0 spiro atoms. The number of para-hydroxylation sites is 1. The van der Waals surface area contributed by atoms with E-state index in [0.717, 1.165) is 17.9 Å². The average Bonchev–Trinajstić information content (AvgIpc) is 2.28. The second kappa shape index (κ2) is 6.51. The van der Waals surface area contributed by atoms with Crippen molar-refractivity contribution in [1.82, 2.24) is 5.32 Å². The van der Waals surface area contributed by atoms with Gasteiger partial charge in [0.1, 0.15) is 5.75 Å². The minimum absolute atomic E-state index is 0.0288. The summed E-state index contributed by atoms with van der Waals surface area (Å²) < 4.78 is 11.2. The first-order chi connectivity index (χ1) is 7.69. The molecule has 1 aromatic rings. The minimum atomic E-state index is 0.0288. The zero-order chi connectivity index (χ0) is 12.0. The molecule has 0 aliphatic rings. The second-order valence-electron chi connectivity index (χ2n) is 3.97. The number of nitrogens with one attached hydrogen (secondary N) is 1. The molecule has 0 saturated heterocycles. The number of methoxy groups -OCH3 is 1. The number of rotatable bonds is 6. The van der Waals surface area contributed by atoms with Gasteiger partial charge in [0.25, 0.3) is 0 Å². The third-order valence-electron chi connectivity index (χ3n) is 2.31. The Morgan fingerprint density at radius 3 is 2.50 bits per heavy atom. The fourth-order valence-electron chi connectivity index (χ4n) is 1.68. The van der Waals surface area contributed by atoms with Crippen LogP contribution in [0.15, 0.2) is 24.3 Å². The van der Waals surface area contributed by atoms with Crippen LogP contribution in [0.3, 0.4) is 0 Å². The molecule has 1 aromatic carbocycles. The highest BCUT2D eigenvalue weighted by Crippen LogP contribution is 2.27. The minimum Gasteiger partial charge on any atom is -0.496 e. The molecule has 0 fully saturated rings. The highest BCUT2D eigenvalue weighted by Gasteiger charge is 2.16. The van der Waals surface area contributed by atoms with E-state index in [1.165, 1.54) is 0 Å². The summed E-state index contributed by atoms with van der Waals surface area (Å²) in [5.74, 6) is 0.878. The molecule has 1 rings (SSSR count). The van der Waals surface area contributed by atoms with E-state index < -0.39 is 0 Å². The van der Waals surface area contributed by atoms with E-state index >= 15 is 0 Å². The third kappa shape index (κ3) is 3.51. The predicted octanol–water partition coefficient (Wildman–Crippen LogP) is 2.38. The Labute approximate surface area is 97.8 Å². The van der Waals surface area contributed by atoms with Crippen LogP contribution in [0.1, 0.15) is 25.5 Å². The van der Waals surface area contributed by atoms with Crippen molar-refractivity contribution in [2.24, 2.45) is 0 Å². The third-order valence-corrected chi connectivity index (χ3v) is 2.31. The van der Waals surface area contributed by atoms with Gasteiger partial charge in [-0.15, -0.1) is 0 Å². The maximum Gasteiger partial charge on any atom is 0.124 e. The van der Waals surface area contributed by atoms with E-state index in [0.29, 0.717) is 0 Å². The fourth-order valence-corrected chi connectivity index (χ4v) is 1.68. The number of hydrogen-bond donors (Lipinski definition) is 1. The van der Waals surface area contributed by atoms with Crippen molar-refractivity contribution in [3.05, 3.63) is 29.8 Å². The normalized spacial score (nSPS) is 12.8. The molecule has 3 nitrogen and oxygen atoms in total. The number of benzene rings is 1. The number of hydrogen-bond acceptors (Lipinski definition) is 3. The number of likely N-dealkylation sites (N-methyl/N-ethyl adjacent to an activating group) is 1. The summed E-state index contributed by atoms with van der Waals surface area (Å²) in [6, 6.07) is 7.98. The zero-order valence-electron chi connectivity index (χ0n) is 10.5. The molecule has 1 atom stereocenters. The van der Waals surface area contributed by atoms with Gasteiger partial charge in [0.2, 0.25) is 0 Å². The molecule has 0 aliphatic carbocycles. The van der Waals surface area contributed by atoms with Crippen molar-refractivity contribution in [3.63, 3.8) is 0 Å². The van der Waals surface area contributed by atoms with Crippen LogP contribution in [0, 0.1) is 0 Å². The molecule has 90 valence electrons. The molecule has 0 aromatic heterocycles. The van der Waals surface area contributed by atoms with Gasteiger partial charge in [0, 0.05) is 12.1 Å². The average molecular weight is 223 g/mol. The molecular weight excluding hydrogens is 202 g/mol. The van der Waals surface area contributed by atoms with Gasteiger partial charge in [-0.2, -0.15) is 0 Å². The van der Waals surface area contributed by atoms with Crippen LogP contribution < -0.4 is 10.1 Å². The van der Waals surface area contributed by atoms with Crippen molar-refractivity contribution >= 4 is 0 Å². The van der Waals surface area contributed by atoms with Crippen LogP contribution >= 0.6 is 0 Å².